The normalized spacial score (nSPS) is 13.0. The number of amides is 3. The SMILES string of the molecule is CCOC(=O)CC[C@H](NC(=O)OCc1ccccc1)C(=O)N[C@@H](CO)C(=O)N[C@@H](CC(C)C)C(=O)OCC. The number of hydrogen-bond donors (Lipinski definition) is 4. The second-order valence-corrected chi connectivity index (χ2v) is 8.79. The molecule has 0 radical (unpaired) electrons. The minimum atomic E-state index is -1.43. The quantitative estimate of drug-likeness (QED) is 0.179. The third-order valence-electron chi connectivity index (χ3n) is 5.17. The zero-order chi connectivity index (χ0) is 28.5. The highest BCUT2D eigenvalue weighted by molar-refractivity contribution is 5.93. The number of carbonyl (C=O) groups is 5. The Bertz CT molecular complexity index is 908. The van der Waals surface area contributed by atoms with E-state index in [1.165, 1.54) is 0 Å². The molecule has 0 spiro atoms. The largest absolute Gasteiger partial charge is 0.466 e. The van der Waals surface area contributed by atoms with Gasteiger partial charge in [-0.1, -0.05) is 44.2 Å². The van der Waals surface area contributed by atoms with Crippen molar-refractivity contribution in [1.29, 1.82) is 0 Å². The van der Waals surface area contributed by atoms with Gasteiger partial charge in [0.25, 0.3) is 0 Å². The lowest BCUT2D eigenvalue weighted by atomic mass is 10.0. The number of esters is 2. The van der Waals surface area contributed by atoms with Crippen LogP contribution in [0.25, 0.3) is 0 Å². The van der Waals surface area contributed by atoms with E-state index in [2.05, 4.69) is 16.0 Å². The maximum absolute atomic E-state index is 13.0. The Morgan fingerprint density at radius 1 is 0.816 bits per heavy atom. The van der Waals surface area contributed by atoms with Gasteiger partial charge in [0.1, 0.15) is 24.7 Å². The lowest BCUT2D eigenvalue weighted by Crippen LogP contribution is -2.57. The number of aliphatic hydroxyl groups excluding tert-OH is 1. The molecule has 1 aromatic carbocycles. The van der Waals surface area contributed by atoms with E-state index in [4.69, 9.17) is 14.2 Å². The molecule has 4 N–H and O–H groups in total. The molecule has 0 unspecified atom stereocenters. The van der Waals surface area contributed by atoms with Gasteiger partial charge < -0.3 is 35.3 Å². The molecule has 0 aliphatic heterocycles. The Hall–Kier alpha value is -3.67. The van der Waals surface area contributed by atoms with Crippen molar-refractivity contribution in [3.05, 3.63) is 35.9 Å². The highest BCUT2D eigenvalue weighted by Crippen LogP contribution is 2.08. The van der Waals surface area contributed by atoms with Crippen LogP contribution in [0.3, 0.4) is 0 Å². The highest BCUT2D eigenvalue weighted by atomic mass is 16.5. The number of rotatable bonds is 16. The van der Waals surface area contributed by atoms with Crippen molar-refractivity contribution in [2.45, 2.75) is 71.7 Å². The monoisotopic (exact) mass is 537 g/mol. The van der Waals surface area contributed by atoms with Crippen LogP contribution in [-0.4, -0.2) is 72.9 Å². The first-order valence-electron chi connectivity index (χ1n) is 12.6. The summed E-state index contributed by atoms with van der Waals surface area (Å²) in [5.74, 6) is -2.81. The lowest BCUT2D eigenvalue weighted by Gasteiger charge is -2.24. The summed E-state index contributed by atoms with van der Waals surface area (Å²) in [7, 11) is 0. The first kappa shape index (κ1) is 32.4. The van der Waals surface area contributed by atoms with Crippen molar-refractivity contribution >= 4 is 29.8 Å². The minimum absolute atomic E-state index is 0.0465. The topological polar surface area (TPSA) is 169 Å². The van der Waals surface area contributed by atoms with Crippen LogP contribution in [0.2, 0.25) is 0 Å². The predicted molar refractivity (Wildman–Crippen MR) is 136 cm³/mol. The first-order chi connectivity index (χ1) is 18.1. The number of aliphatic hydroxyl groups is 1. The lowest BCUT2D eigenvalue weighted by molar-refractivity contribution is -0.148. The van der Waals surface area contributed by atoms with Gasteiger partial charge in [-0.05, 0) is 38.2 Å². The molecule has 0 aliphatic rings. The van der Waals surface area contributed by atoms with Gasteiger partial charge in [0, 0.05) is 6.42 Å². The number of carbonyl (C=O) groups excluding carboxylic acids is 5. The zero-order valence-corrected chi connectivity index (χ0v) is 22.4. The number of hydrogen-bond acceptors (Lipinski definition) is 9. The Morgan fingerprint density at radius 2 is 1.42 bits per heavy atom. The molecule has 212 valence electrons. The first-order valence-corrected chi connectivity index (χ1v) is 12.6. The molecule has 0 saturated carbocycles. The molecule has 0 aromatic heterocycles. The van der Waals surface area contributed by atoms with Crippen LogP contribution >= 0.6 is 0 Å². The number of ether oxygens (including phenoxy) is 3. The summed E-state index contributed by atoms with van der Waals surface area (Å²) in [6.45, 7) is 6.43. The molecular weight excluding hydrogens is 498 g/mol. The van der Waals surface area contributed by atoms with E-state index in [1.807, 2.05) is 19.9 Å². The fraction of sp³-hybridized carbons (Fsp3) is 0.577. The van der Waals surface area contributed by atoms with Gasteiger partial charge in [0.2, 0.25) is 11.8 Å². The summed E-state index contributed by atoms with van der Waals surface area (Å²) in [5.41, 5.74) is 0.727. The molecule has 12 nitrogen and oxygen atoms in total. The number of nitrogens with one attached hydrogen (secondary N) is 3. The third-order valence-corrected chi connectivity index (χ3v) is 5.17. The third kappa shape index (κ3) is 12.5. The van der Waals surface area contributed by atoms with Crippen molar-refractivity contribution < 1.29 is 43.3 Å². The van der Waals surface area contributed by atoms with Gasteiger partial charge in [0.05, 0.1) is 19.8 Å². The maximum Gasteiger partial charge on any atom is 0.408 e. The van der Waals surface area contributed by atoms with Crippen molar-refractivity contribution in [1.82, 2.24) is 16.0 Å². The van der Waals surface area contributed by atoms with E-state index < -0.39 is 54.6 Å². The molecule has 1 aromatic rings. The smallest absolute Gasteiger partial charge is 0.408 e. The average Bonchev–Trinajstić information content (AvgIpc) is 2.88. The summed E-state index contributed by atoms with van der Waals surface area (Å²) in [5, 5.41) is 17.0. The Kier molecular flexibility index (Phi) is 15.1. The summed E-state index contributed by atoms with van der Waals surface area (Å²) in [4.78, 5) is 62.2. The average molecular weight is 538 g/mol. The van der Waals surface area contributed by atoms with E-state index in [0.717, 1.165) is 5.56 Å². The molecule has 3 amide bonds. The molecule has 0 bridgehead atoms. The van der Waals surface area contributed by atoms with Gasteiger partial charge in [-0.25, -0.2) is 9.59 Å². The van der Waals surface area contributed by atoms with Crippen LogP contribution in [0.15, 0.2) is 30.3 Å². The minimum Gasteiger partial charge on any atom is -0.466 e. The van der Waals surface area contributed by atoms with E-state index >= 15 is 0 Å². The maximum atomic E-state index is 13.0. The van der Waals surface area contributed by atoms with Gasteiger partial charge in [-0.2, -0.15) is 0 Å². The Balaban J connectivity index is 2.89. The second kappa shape index (κ2) is 17.7. The van der Waals surface area contributed by atoms with Crippen LogP contribution in [0.4, 0.5) is 4.79 Å². The van der Waals surface area contributed by atoms with Gasteiger partial charge in [0.15, 0.2) is 0 Å². The molecule has 0 heterocycles. The van der Waals surface area contributed by atoms with Crippen LogP contribution in [0, 0.1) is 5.92 Å². The molecule has 1 rings (SSSR count). The van der Waals surface area contributed by atoms with Crippen LogP contribution in [-0.2, 0) is 40.0 Å². The van der Waals surface area contributed by atoms with Crippen LogP contribution in [0.1, 0.15) is 52.5 Å². The summed E-state index contributed by atoms with van der Waals surface area (Å²) in [6, 6.07) is 5.20. The van der Waals surface area contributed by atoms with Gasteiger partial charge >= 0.3 is 18.0 Å². The molecule has 3 atom stereocenters. The van der Waals surface area contributed by atoms with E-state index in [-0.39, 0.29) is 45.0 Å². The Labute approximate surface area is 222 Å². The molecule has 0 saturated heterocycles. The van der Waals surface area contributed by atoms with Crippen molar-refractivity contribution in [3.8, 4) is 0 Å². The van der Waals surface area contributed by atoms with Crippen LogP contribution in [0.5, 0.6) is 0 Å². The molecule has 0 aliphatic carbocycles. The van der Waals surface area contributed by atoms with Crippen molar-refractivity contribution in [3.63, 3.8) is 0 Å². The van der Waals surface area contributed by atoms with E-state index in [0.29, 0.717) is 0 Å². The highest BCUT2D eigenvalue weighted by Gasteiger charge is 2.30. The Morgan fingerprint density at radius 3 is 2.00 bits per heavy atom. The summed E-state index contributed by atoms with van der Waals surface area (Å²) < 4.78 is 15.0. The fourth-order valence-electron chi connectivity index (χ4n) is 3.34. The summed E-state index contributed by atoms with van der Waals surface area (Å²) in [6.07, 6.45) is -0.973. The van der Waals surface area contributed by atoms with Gasteiger partial charge in [-0.15, -0.1) is 0 Å². The zero-order valence-electron chi connectivity index (χ0n) is 22.4. The molecule has 0 fully saturated rings. The van der Waals surface area contributed by atoms with Crippen LogP contribution < -0.4 is 16.0 Å². The van der Waals surface area contributed by atoms with Crippen molar-refractivity contribution in [2.24, 2.45) is 5.92 Å². The molecule has 38 heavy (non-hydrogen) atoms. The standard InChI is InChI=1S/C26H39N3O9/c1-5-36-22(31)13-12-19(29-26(35)38-16-18-10-8-7-9-11-18)23(32)28-21(15-30)24(33)27-20(14-17(3)4)25(34)37-6-2/h7-11,17,19-21,30H,5-6,12-16H2,1-4H3,(H,27,33)(H,28,32)(H,29,35)/t19-,20-,21-/m0/s1. The van der Waals surface area contributed by atoms with Crippen molar-refractivity contribution in [2.75, 3.05) is 19.8 Å². The second-order valence-electron chi connectivity index (χ2n) is 8.79. The molecule has 12 heteroatoms. The van der Waals surface area contributed by atoms with Gasteiger partial charge in [-0.3, -0.25) is 14.4 Å². The van der Waals surface area contributed by atoms with E-state index in [9.17, 15) is 29.1 Å². The fourth-order valence-corrected chi connectivity index (χ4v) is 3.34. The van der Waals surface area contributed by atoms with E-state index in [1.54, 1.807) is 38.1 Å². The number of alkyl carbamates (subject to hydrolysis) is 1. The summed E-state index contributed by atoms with van der Waals surface area (Å²) >= 11 is 0. The molecular formula is C26H39N3O9. The predicted octanol–water partition coefficient (Wildman–Crippen LogP) is 1.20. The number of benzene rings is 1.